The van der Waals surface area contributed by atoms with Crippen molar-refractivity contribution in [2.45, 2.75) is 0 Å². The Labute approximate surface area is 126 Å². The largest absolute Gasteiger partial charge is 0.495 e. The van der Waals surface area contributed by atoms with E-state index >= 15 is 0 Å². The van der Waals surface area contributed by atoms with Crippen molar-refractivity contribution in [3.8, 4) is 5.75 Å². The molecule has 0 spiro atoms. The summed E-state index contributed by atoms with van der Waals surface area (Å²) in [4.78, 5) is 11.8. The molecule has 0 heterocycles. The molecular weight excluding hydrogens is 320 g/mol. The number of carbonyl (C=O) groups excluding carboxylic acids is 1. The molecule has 0 aromatic heterocycles. The predicted octanol–water partition coefficient (Wildman–Crippen LogP) is 3.51. The van der Waals surface area contributed by atoms with E-state index in [1.165, 1.54) is 0 Å². The SMILES string of the molecule is COc1cc(NC(=O)CNc2ccccc2)ccc1Br. The lowest BCUT2D eigenvalue weighted by atomic mass is 10.3. The van der Waals surface area contributed by atoms with E-state index in [4.69, 9.17) is 4.74 Å². The Kier molecular flexibility index (Phi) is 5.01. The first kappa shape index (κ1) is 14.4. The van der Waals surface area contributed by atoms with Crippen LogP contribution in [0, 0.1) is 0 Å². The average Bonchev–Trinajstić information content (AvgIpc) is 2.48. The number of carbonyl (C=O) groups is 1. The van der Waals surface area contributed by atoms with E-state index in [-0.39, 0.29) is 12.5 Å². The number of methoxy groups -OCH3 is 1. The zero-order valence-corrected chi connectivity index (χ0v) is 12.6. The lowest BCUT2D eigenvalue weighted by molar-refractivity contribution is -0.114. The van der Waals surface area contributed by atoms with Gasteiger partial charge in [0.1, 0.15) is 5.75 Å². The quantitative estimate of drug-likeness (QED) is 0.879. The number of anilines is 2. The van der Waals surface area contributed by atoms with Gasteiger partial charge in [-0.15, -0.1) is 0 Å². The van der Waals surface area contributed by atoms with E-state index in [0.29, 0.717) is 11.4 Å². The summed E-state index contributed by atoms with van der Waals surface area (Å²) in [5, 5.41) is 5.86. The van der Waals surface area contributed by atoms with Gasteiger partial charge in [0.15, 0.2) is 0 Å². The van der Waals surface area contributed by atoms with Gasteiger partial charge >= 0.3 is 0 Å². The summed E-state index contributed by atoms with van der Waals surface area (Å²) in [5.74, 6) is 0.567. The van der Waals surface area contributed by atoms with Crippen molar-refractivity contribution >= 4 is 33.2 Å². The Bertz CT molecular complexity index is 588. The highest BCUT2D eigenvalue weighted by Crippen LogP contribution is 2.27. The number of nitrogens with one attached hydrogen (secondary N) is 2. The molecule has 0 fully saturated rings. The van der Waals surface area contributed by atoms with E-state index in [1.807, 2.05) is 42.5 Å². The normalized spacial score (nSPS) is 9.90. The average molecular weight is 335 g/mol. The Morgan fingerprint density at radius 2 is 1.90 bits per heavy atom. The number of rotatable bonds is 5. The Morgan fingerprint density at radius 1 is 1.15 bits per heavy atom. The summed E-state index contributed by atoms with van der Waals surface area (Å²) in [7, 11) is 1.59. The molecule has 0 atom stereocenters. The highest BCUT2D eigenvalue weighted by atomic mass is 79.9. The third kappa shape index (κ3) is 3.99. The van der Waals surface area contributed by atoms with Gasteiger partial charge in [0.25, 0.3) is 0 Å². The first-order valence-electron chi connectivity index (χ1n) is 6.11. The molecule has 1 amide bonds. The topological polar surface area (TPSA) is 50.4 Å². The van der Waals surface area contributed by atoms with Crippen molar-refractivity contribution in [2.24, 2.45) is 0 Å². The van der Waals surface area contributed by atoms with Crippen LogP contribution in [0.3, 0.4) is 0 Å². The van der Waals surface area contributed by atoms with Crippen molar-refractivity contribution in [1.82, 2.24) is 0 Å². The van der Waals surface area contributed by atoms with Crippen molar-refractivity contribution in [3.63, 3.8) is 0 Å². The number of ether oxygens (including phenoxy) is 1. The van der Waals surface area contributed by atoms with Gasteiger partial charge in [-0.1, -0.05) is 18.2 Å². The molecule has 0 unspecified atom stereocenters. The molecule has 104 valence electrons. The van der Waals surface area contributed by atoms with Crippen molar-refractivity contribution in [2.75, 3.05) is 24.3 Å². The van der Waals surface area contributed by atoms with Gasteiger partial charge in [0.05, 0.1) is 18.1 Å². The van der Waals surface area contributed by atoms with Crippen LogP contribution in [0.25, 0.3) is 0 Å². The monoisotopic (exact) mass is 334 g/mol. The van der Waals surface area contributed by atoms with Crippen LogP contribution in [0.2, 0.25) is 0 Å². The van der Waals surface area contributed by atoms with E-state index in [9.17, 15) is 4.79 Å². The van der Waals surface area contributed by atoms with Crippen LogP contribution < -0.4 is 15.4 Å². The molecule has 2 N–H and O–H groups in total. The fourth-order valence-electron chi connectivity index (χ4n) is 1.68. The minimum atomic E-state index is -0.113. The van der Waals surface area contributed by atoms with Crippen LogP contribution in [0.4, 0.5) is 11.4 Å². The highest BCUT2D eigenvalue weighted by molar-refractivity contribution is 9.10. The van der Waals surface area contributed by atoms with Crippen molar-refractivity contribution < 1.29 is 9.53 Å². The lowest BCUT2D eigenvalue weighted by Crippen LogP contribution is -2.21. The second kappa shape index (κ2) is 6.96. The van der Waals surface area contributed by atoms with Gasteiger partial charge in [-0.3, -0.25) is 4.79 Å². The van der Waals surface area contributed by atoms with Gasteiger partial charge in [-0.2, -0.15) is 0 Å². The molecule has 0 saturated carbocycles. The van der Waals surface area contributed by atoms with E-state index < -0.39 is 0 Å². The van der Waals surface area contributed by atoms with Gasteiger partial charge in [0.2, 0.25) is 5.91 Å². The summed E-state index contributed by atoms with van der Waals surface area (Å²) in [6.45, 7) is 0.211. The molecule has 2 aromatic rings. The van der Waals surface area contributed by atoms with Crippen LogP contribution in [0.15, 0.2) is 53.0 Å². The molecule has 2 rings (SSSR count). The molecule has 4 nitrogen and oxygen atoms in total. The fraction of sp³-hybridized carbons (Fsp3) is 0.133. The minimum absolute atomic E-state index is 0.113. The van der Waals surface area contributed by atoms with Gasteiger partial charge in [0, 0.05) is 17.4 Å². The Hall–Kier alpha value is -2.01. The molecule has 0 bridgehead atoms. The first-order chi connectivity index (χ1) is 9.69. The Balaban J connectivity index is 1.91. The second-order valence-corrected chi connectivity index (χ2v) is 4.97. The van der Waals surface area contributed by atoms with E-state index in [0.717, 1.165) is 10.2 Å². The molecular formula is C15H15BrN2O2. The van der Waals surface area contributed by atoms with Gasteiger partial charge < -0.3 is 15.4 Å². The maximum absolute atomic E-state index is 11.8. The summed E-state index contributed by atoms with van der Waals surface area (Å²) in [6, 6.07) is 15.0. The molecule has 2 aromatic carbocycles. The number of hydrogen-bond acceptors (Lipinski definition) is 3. The van der Waals surface area contributed by atoms with Crippen LogP contribution in [-0.4, -0.2) is 19.6 Å². The first-order valence-corrected chi connectivity index (χ1v) is 6.90. The second-order valence-electron chi connectivity index (χ2n) is 4.12. The predicted molar refractivity (Wildman–Crippen MR) is 84.3 cm³/mol. The van der Waals surface area contributed by atoms with Crippen LogP contribution in [-0.2, 0) is 4.79 Å². The molecule has 0 aliphatic heterocycles. The maximum Gasteiger partial charge on any atom is 0.243 e. The number of benzene rings is 2. The van der Waals surface area contributed by atoms with Crippen LogP contribution >= 0.6 is 15.9 Å². The Morgan fingerprint density at radius 3 is 2.60 bits per heavy atom. The molecule has 0 aliphatic carbocycles. The summed E-state index contributed by atoms with van der Waals surface area (Å²) in [5.41, 5.74) is 1.61. The molecule has 0 saturated heterocycles. The van der Waals surface area contributed by atoms with E-state index in [2.05, 4.69) is 26.6 Å². The zero-order chi connectivity index (χ0) is 14.4. The number of amides is 1. The third-order valence-corrected chi connectivity index (χ3v) is 3.32. The summed E-state index contributed by atoms with van der Waals surface area (Å²) in [6.07, 6.45) is 0. The number of para-hydroxylation sites is 1. The smallest absolute Gasteiger partial charge is 0.243 e. The van der Waals surface area contributed by atoms with Gasteiger partial charge in [-0.05, 0) is 40.2 Å². The van der Waals surface area contributed by atoms with Crippen LogP contribution in [0.1, 0.15) is 0 Å². The van der Waals surface area contributed by atoms with Crippen LogP contribution in [0.5, 0.6) is 5.75 Å². The standard InChI is InChI=1S/C15H15BrN2O2/c1-20-14-9-12(7-8-13(14)16)18-15(19)10-17-11-5-3-2-4-6-11/h2-9,17H,10H2,1H3,(H,18,19). The van der Waals surface area contributed by atoms with Gasteiger partial charge in [-0.25, -0.2) is 0 Å². The molecule has 0 aliphatic rings. The molecule has 20 heavy (non-hydrogen) atoms. The molecule has 5 heteroatoms. The summed E-state index contributed by atoms with van der Waals surface area (Å²) >= 11 is 3.37. The summed E-state index contributed by atoms with van der Waals surface area (Å²) < 4.78 is 6.03. The molecule has 0 radical (unpaired) electrons. The lowest BCUT2D eigenvalue weighted by Gasteiger charge is -2.09. The van der Waals surface area contributed by atoms with E-state index in [1.54, 1.807) is 13.2 Å². The maximum atomic E-state index is 11.8. The number of halogens is 1. The highest BCUT2D eigenvalue weighted by Gasteiger charge is 2.05. The number of hydrogen-bond donors (Lipinski definition) is 2. The zero-order valence-electron chi connectivity index (χ0n) is 11.0. The minimum Gasteiger partial charge on any atom is -0.495 e. The third-order valence-electron chi connectivity index (χ3n) is 2.66. The van der Waals surface area contributed by atoms with Crippen molar-refractivity contribution in [1.29, 1.82) is 0 Å². The van der Waals surface area contributed by atoms with Crippen molar-refractivity contribution in [3.05, 3.63) is 53.0 Å². The fourth-order valence-corrected chi connectivity index (χ4v) is 2.09.